The van der Waals surface area contributed by atoms with Crippen molar-refractivity contribution in [2.75, 3.05) is 24.5 Å². The van der Waals surface area contributed by atoms with Crippen LogP contribution in [0.15, 0.2) is 18.3 Å². The van der Waals surface area contributed by atoms with Crippen LogP contribution in [-0.2, 0) is 0 Å². The molecule has 1 fully saturated rings. The molecule has 1 aromatic heterocycles. The van der Waals surface area contributed by atoms with E-state index in [1.165, 1.54) is 6.07 Å². The summed E-state index contributed by atoms with van der Waals surface area (Å²) in [7, 11) is 0. The van der Waals surface area contributed by atoms with E-state index in [0.717, 1.165) is 32.5 Å². The van der Waals surface area contributed by atoms with Gasteiger partial charge in [-0.1, -0.05) is 0 Å². The lowest BCUT2D eigenvalue weighted by Crippen LogP contribution is -2.40. The van der Waals surface area contributed by atoms with Crippen LogP contribution >= 0.6 is 0 Å². The molecule has 1 N–H and O–H groups in total. The average Bonchev–Trinajstić information content (AvgIpc) is 2.45. The Bertz CT molecular complexity index is 458. The maximum Gasteiger partial charge on any atom is 0.311 e. The minimum Gasteiger partial charge on any atom is -0.348 e. The Kier molecular flexibility index (Phi) is 4.89. The number of hydrogen-bond donors (Lipinski definition) is 1. The van der Waals surface area contributed by atoms with Gasteiger partial charge >= 0.3 is 5.69 Å². The van der Waals surface area contributed by atoms with Crippen LogP contribution < -0.4 is 10.2 Å². The normalized spacial score (nSPS) is 16.4. The monoisotopic (exact) mass is 278 g/mol. The van der Waals surface area contributed by atoms with E-state index < -0.39 is 0 Å². The van der Waals surface area contributed by atoms with Gasteiger partial charge in [0.05, 0.1) is 4.92 Å². The Hall–Kier alpha value is -1.69. The highest BCUT2D eigenvalue weighted by molar-refractivity contribution is 5.57. The van der Waals surface area contributed by atoms with E-state index >= 15 is 0 Å². The molecule has 0 atom stereocenters. The first-order valence-electron chi connectivity index (χ1n) is 7.16. The number of piperidine rings is 1. The van der Waals surface area contributed by atoms with Crippen molar-refractivity contribution in [3.8, 4) is 0 Å². The molecule has 0 saturated carbocycles. The number of rotatable bonds is 5. The molecule has 2 heterocycles. The Labute approximate surface area is 119 Å². The largest absolute Gasteiger partial charge is 0.348 e. The summed E-state index contributed by atoms with van der Waals surface area (Å²) in [6.45, 7) is 7.00. The molecule has 6 nitrogen and oxygen atoms in total. The summed E-state index contributed by atoms with van der Waals surface area (Å²) in [4.78, 5) is 17.1. The van der Waals surface area contributed by atoms with E-state index in [2.05, 4.69) is 29.0 Å². The quantitative estimate of drug-likeness (QED) is 0.660. The zero-order valence-corrected chi connectivity index (χ0v) is 12.1. The molecule has 1 aliphatic heterocycles. The van der Waals surface area contributed by atoms with Crippen molar-refractivity contribution < 1.29 is 4.92 Å². The molecule has 1 aliphatic rings. The molecule has 0 bridgehead atoms. The van der Waals surface area contributed by atoms with Gasteiger partial charge in [0.15, 0.2) is 0 Å². The number of aromatic nitrogens is 1. The summed E-state index contributed by atoms with van der Waals surface area (Å²) in [6.07, 6.45) is 3.86. The van der Waals surface area contributed by atoms with Crippen molar-refractivity contribution in [3.05, 3.63) is 28.4 Å². The topological polar surface area (TPSA) is 71.3 Å². The molecular formula is C14H22N4O2. The Morgan fingerprint density at radius 1 is 1.50 bits per heavy atom. The number of hydrogen-bond acceptors (Lipinski definition) is 5. The molecule has 0 radical (unpaired) electrons. The first kappa shape index (κ1) is 14.7. The van der Waals surface area contributed by atoms with E-state index in [1.54, 1.807) is 12.3 Å². The maximum atomic E-state index is 11.2. The van der Waals surface area contributed by atoms with Crippen molar-refractivity contribution in [2.45, 2.75) is 32.7 Å². The smallest absolute Gasteiger partial charge is 0.311 e. The minimum atomic E-state index is -0.347. The second kappa shape index (κ2) is 6.65. The molecule has 0 aliphatic carbocycles. The zero-order valence-electron chi connectivity index (χ0n) is 12.1. The molecule has 20 heavy (non-hydrogen) atoms. The van der Waals surface area contributed by atoms with Crippen molar-refractivity contribution in [3.63, 3.8) is 0 Å². The second-order valence-corrected chi connectivity index (χ2v) is 5.54. The van der Waals surface area contributed by atoms with Gasteiger partial charge in [-0.05, 0) is 51.8 Å². The van der Waals surface area contributed by atoms with Gasteiger partial charge in [-0.3, -0.25) is 10.1 Å². The molecule has 1 saturated heterocycles. The molecule has 1 aromatic rings. The van der Waals surface area contributed by atoms with Gasteiger partial charge in [-0.2, -0.15) is 0 Å². The van der Waals surface area contributed by atoms with Crippen LogP contribution in [0.25, 0.3) is 0 Å². The lowest BCUT2D eigenvalue weighted by Gasteiger charge is -2.33. The predicted octanol–water partition coefficient (Wildman–Crippen LogP) is 2.20. The van der Waals surface area contributed by atoms with Crippen LogP contribution in [0.1, 0.15) is 26.7 Å². The number of pyridine rings is 1. The summed E-state index contributed by atoms with van der Waals surface area (Å²) >= 11 is 0. The molecule has 6 heteroatoms. The van der Waals surface area contributed by atoms with Crippen LogP contribution in [0.2, 0.25) is 0 Å². The summed E-state index contributed by atoms with van der Waals surface area (Å²) in [5.41, 5.74) is 0.0927. The van der Waals surface area contributed by atoms with Crippen LogP contribution in [0.3, 0.4) is 0 Å². The van der Waals surface area contributed by atoms with Gasteiger partial charge in [-0.15, -0.1) is 0 Å². The highest BCUT2D eigenvalue weighted by Crippen LogP contribution is 2.28. The fourth-order valence-electron chi connectivity index (χ4n) is 2.64. The third-order valence-electron chi connectivity index (χ3n) is 3.77. The Morgan fingerprint density at radius 3 is 2.80 bits per heavy atom. The Balaban J connectivity index is 2.21. The summed E-state index contributed by atoms with van der Waals surface area (Å²) < 4.78 is 0. The van der Waals surface area contributed by atoms with E-state index in [0.29, 0.717) is 11.7 Å². The lowest BCUT2D eigenvalue weighted by atomic mass is 9.97. The maximum absolute atomic E-state index is 11.2. The van der Waals surface area contributed by atoms with Gasteiger partial charge in [0.1, 0.15) is 0 Å². The van der Waals surface area contributed by atoms with Gasteiger partial charge < -0.3 is 10.2 Å². The fourth-order valence-corrected chi connectivity index (χ4v) is 2.64. The van der Waals surface area contributed by atoms with E-state index in [9.17, 15) is 10.1 Å². The molecule has 110 valence electrons. The SMILES string of the molecule is CC(C)N(CC1CCNCC1)c1ncccc1[N+](=O)[O-]. The number of anilines is 1. The summed E-state index contributed by atoms with van der Waals surface area (Å²) in [5, 5.41) is 14.5. The fraction of sp³-hybridized carbons (Fsp3) is 0.643. The van der Waals surface area contributed by atoms with E-state index in [4.69, 9.17) is 0 Å². The average molecular weight is 278 g/mol. The van der Waals surface area contributed by atoms with Crippen LogP contribution in [0.4, 0.5) is 11.5 Å². The number of nitrogens with zero attached hydrogens (tertiary/aromatic N) is 3. The van der Waals surface area contributed by atoms with E-state index in [-0.39, 0.29) is 16.7 Å². The summed E-state index contributed by atoms with van der Waals surface area (Å²) in [5.74, 6) is 1.06. The molecule has 0 spiro atoms. The molecule has 0 amide bonds. The van der Waals surface area contributed by atoms with Crippen molar-refractivity contribution in [1.82, 2.24) is 10.3 Å². The van der Waals surface area contributed by atoms with Crippen LogP contribution in [-0.4, -0.2) is 35.6 Å². The van der Waals surface area contributed by atoms with Crippen molar-refractivity contribution in [2.24, 2.45) is 5.92 Å². The number of nitrogens with one attached hydrogen (secondary N) is 1. The van der Waals surface area contributed by atoms with E-state index in [1.807, 2.05) is 0 Å². The first-order chi connectivity index (χ1) is 9.59. The first-order valence-corrected chi connectivity index (χ1v) is 7.16. The molecule has 2 rings (SSSR count). The van der Waals surface area contributed by atoms with Gasteiger partial charge in [0.2, 0.25) is 5.82 Å². The highest BCUT2D eigenvalue weighted by atomic mass is 16.6. The van der Waals surface area contributed by atoms with Crippen molar-refractivity contribution >= 4 is 11.5 Å². The molecular weight excluding hydrogens is 256 g/mol. The second-order valence-electron chi connectivity index (χ2n) is 5.54. The van der Waals surface area contributed by atoms with Crippen LogP contribution in [0.5, 0.6) is 0 Å². The number of nitro groups is 1. The Morgan fingerprint density at radius 2 is 2.20 bits per heavy atom. The van der Waals surface area contributed by atoms with Gasteiger partial charge in [0.25, 0.3) is 0 Å². The van der Waals surface area contributed by atoms with Gasteiger partial charge in [-0.25, -0.2) is 4.98 Å². The standard InChI is InChI=1S/C14H22N4O2/c1-11(2)17(10-12-5-8-15-9-6-12)14-13(18(19)20)4-3-7-16-14/h3-4,7,11-12,15H,5-6,8-10H2,1-2H3. The third kappa shape index (κ3) is 3.45. The predicted molar refractivity (Wildman–Crippen MR) is 79.0 cm³/mol. The zero-order chi connectivity index (χ0) is 14.5. The summed E-state index contributed by atoms with van der Waals surface area (Å²) in [6, 6.07) is 3.34. The van der Waals surface area contributed by atoms with Crippen molar-refractivity contribution in [1.29, 1.82) is 0 Å². The van der Waals surface area contributed by atoms with Gasteiger partial charge in [0, 0.05) is 24.8 Å². The van der Waals surface area contributed by atoms with Crippen LogP contribution in [0, 0.1) is 16.0 Å². The molecule has 0 unspecified atom stereocenters. The lowest BCUT2D eigenvalue weighted by molar-refractivity contribution is -0.384. The highest BCUT2D eigenvalue weighted by Gasteiger charge is 2.25. The molecule has 0 aromatic carbocycles. The minimum absolute atomic E-state index is 0.0927. The third-order valence-corrected chi connectivity index (χ3v) is 3.77.